The van der Waals surface area contributed by atoms with Gasteiger partial charge < -0.3 is 16.0 Å². The molecule has 2 amide bonds. The van der Waals surface area contributed by atoms with Crippen molar-refractivity contribution in [1.29, 1.82) is 0 Å². The second-order valence-corrected chi connectivity index (χ2v) is 3.52. The lowest BCUT2D eigenvalue weighted by Crippen LogP contribution is -2.39. The number of rotatable bonds is 2. The summed E-state index contributed by atoms with van der Waals surface area (Å²) in [6.07, 6.45) is 4.28. The van der Waals surface area contributed by atoms with Crippen molar-refractivity contribution in [2.45, 2.75) is 12.5 Å². The summed E-state index contributed by atoms with van der Waals surface area (Å²) in [4.78, 5) is 15.4. The largest absolute Gasteiger partial charge is 0.334 e. The predicted molar refractivity (Wildman–Crippen MR) is 57.7 cm³/mol. The molecule has 0 saturated carbocycles. The van der Waals surface area contributed by atoms with Crippen molar-refractivity contribution in [1.82, 2.24) is 15.6 Å². The minimum Gasteiger partial charge on any atom is -0.334 e. The molecule has 0 spiro atoms. The number of urea groups is 1. The molecule has 1 saturated heterocycles. The molecule has 0 radical (unpaired) electrons. The monoisotopic (exact) mass is 206 g/mol. The Hall–Kier alpha value is -1.62. The van der Waals surface area contributed by atoms with Crippen molar-refractivity contribution in [3.8, 4) is 0 Å². The van der Waals surface area contributed by atoms with Gasteiger partial charge in [0, 0.05) is 30.7 Å². The van der Waals surface area contributed by atoms with Crippen LogP contribution in [-0.4, -0.2) is 30.1 Å². The van der Waals surface area contributed by atoms with Gasteiger partial charge in [-0.1, -0.05) is 0 Å². The van der Waals surface area contributed by atoms with Gasteiger partial charge >= 0.3 is 6.03 Å². The Morgan fingerprint density at radius 2 is 2.27 bits per heavy atom. The molecular formula is C10H14N4O. The molecule has 1 aliphatic heterocycles. The molecule has 5 heteroatoms. The van der Waals surface area contributed by atoms with E-state index in [1.807, 2.05) is 0 Å². The van der Waals surface area contributed by atoms with Gasteiger partial charge in [0.2, 0.25) is 0 Å². The highest BCUT2D eigenvalue weighted by Gasteiger charge is 2.16. The number of nitrogens with one attached hydrogen (secondary N) is 3. The van der Waals surface area contributed by atoms with Crippen LogP contribution in [0.2, 0.25) is 0 Å². The first kappa shape index (κ1) is 9.92. The number of hydrogen-bond donors (Lipinski definition) is 3. The fraction of sp³-hybridized carbons (Fsp3) is 0.400. The van der Waals surface area contributed by atoms with E-state index in [-0.39, 0.29) is 12.1 Å². The van der Waals surface area contributed by atoms with Gasteiger partial charge in [-0.3, -0.25) is 4.98 Å². The second kappa shape index (κ2) is 4.75. The number of carbonyl (C=O) groups is 1. The van der Waals surface area contributed by atoms with E-state index in [4.69, 9.17) is 0 Å². The fourth-order valence-electron chi connectivity index (χ4n) is 1.57. The Balaban J connectivity index is 1.82. The molecule has 1 fully saturated rings. The summed E-state index contributed by atoms with van der Waals surface area (Å²) in [5, 5.41) is 8.83. The molecule has 15 heavy (non-hydrogen) atoms. The highest BCUT2D eigenvalue weighted by Crippen LogP contribution is 2.03. The lowest BCUT2D eigenvalue weighted by Gasteiger charge is -2.12. The fourth-order valence-corrected chi connectivity index (χ4v) is 1.57. The van der Waals surface area contributed by atoms with Crippen LogP contribution in [0.4, 0.5) is 10.5 Å². The van der Waals surface area contributed by atoms with Gasteiger partial charge in [-0.2, -0.15) is 0 Å². The minimum absolute atomic E-state index is 0.157. The first-order valence-electron chi connectivity index (χ1n) is 5.03. The van der Waals surface area contributed by atoms with Crippen LogP contribution in [0.15, 0.2) is 24.5 Å². The summed E-state index contributed by atoms with van der Waals surface area (Å²) >= 11 is 0. The maximum Gasteiger partial charge on any atom is 0.319 e. The Morgan fingerprint density at radius 3 is 2.93 bits per heavy atom. The van der Waals surface area contributed by atoms with E-state index < -0.39 is 0 Å². The summed E-state index contributed by atoms with van der Waals surface area (Å²) in [5.41, 5.74) is 0.758. The van der Waals surface area contributed by atoms with Crippen LogP contribution < -0.4 is 16.0 Å². The lowest BCUT2D eigenvalue weighted by molar-refractivity contribution is 0.249. The van der Waals surface area contributed by atoms with E-state index in [2.05, 4.69) is 20.9 Å². The molecule has 80 valence electrons. The van der Waals surface area contributed by atoms with Crippen LogP contribution in [-0.2, 0) is 0 Å². The van der Waals surface area contributed by atoms with Crippen LogP contribution in [0.3, 0.4) is 0 Å². The number of hydrogen-bond acceptors (Lipinski definition) is 3. The highest BCUT2D eigenvalue weighted by molar-refractivity contribution is 5.89. The summed E-state index contributed by atoms with van der Waals surface area (Å²) in [5.74, 6) is 0. The molecular weight excluding hydrogens is 192 g/mol. The molecule has 1 aromatic heterocycles. The third kappa shape index (κ3) is 2.92. The number of aromatic nitrogens is 1. The molecule has 0 aromatic carbocycles. The van der Waals surface area contributed by atoms with Crippen molar-refractivity contribution in [2.75, 3.05) is 18.4 Å². The Bertz CT molecular complexity index is 321. The van der Waals surface area contributed by atoms with E-state index in [1.165, 1.54) is 0 Å². The molecule has 1 aliphatic rings. The van der Waals surface area contributed by atoms with Gasteiger partial charge in [-0.15, -0.1) is 0 Å². The predicted octanol–water partition coefficient (Wildman–Crippen LogP) is 0.565. The zero-order valence-electron chi connectivity index (χ0n) is 8.36. The third-order valence-corrected chi connectivity index (χ3v) is 2.33. The van der Waals surface area contributed by atoms with Gasteiger partial charge in [-0.05, 0) is 25.1 Å². The summed E-state index contributed by atoms with van der Waals surface area (Å²) in [7, 11) is 0. The van der Waals surface area contributed by atoms with Crippen LogP contribution in [0.1, 0.15) is 6.42 Å². The van der Waals surface area contributed by atoms with Crippen LogP contribution in [0.25, 0.3) is 0 Å². The molecule has 0 aliphatic carbocycles. The van der Waals surface area contributed by atoms with Gasteiger partial charge in [0.15, 0.2) is 0 Å². The Labute approximate surface area is 88.3 Å². The number of nitrogens with zero attached hydrogens (tertiary/aromatic N) is 1. The molecule has 3 N–H and O–H groups in total. The number of pyridine rings is 1. The van der Waals surface area contributed by atoms with E-state index in [0.717, 1.165) is 25.2 Å². The molecule has 1 aromatic rings. The quantitative estimate of drug-likeness (QED) is 0.662. The van der Waals surface area contributed by atoms with E-state index in [0.29, 0.717) is 0 Å². The van der Waals surface area contributed by atoms with Crippen LogP contribution in [0.5, 0.6) is 0 Å². The molecule has 2 heterocycles. The molecule has 1 unspecified atom stereocenters. The maximum absolute atomic E-state index is 11.5. The average Bonchev–Trinajstić information content (AvgIpc) is 2.71. The van der Waals surface area contributed by atoms with Crippen molar-refractivity contribution >= 4 is 11.7 Å². The average molecular weight is 206 g/mol. The molecule has 5 nitrogen and oxygen atoms in total. The van der Waals surface area contributed by atoms with Crippen molar-refractivity contribution in [3.63, 3.8) is 0 Å². The van der Waals surface area contributed by atoms with Crippen molar-refractivity contribution < 1.29 is 4.79 Å². The van der Waals surface area contributed by atoms with Gasteiger partial charge in [-0.25, -0.2) is 4.79 Å². The SMILES string of the molecule is O=C(Nc1ccncc1)NC1CCNC1. The Kier molecular flexibility index (Phi) is 3.14. The van der Waals surface area contributed by atoms with Gasteiger partial charge in [0.1, 0.15) is 0 Å². The maximum atomic E-state index is 11.5. The number of amides is 2. The number of carbonyl (C=O) groups excluding carboxylic acids is 1. The summed E-state index contributed by atoms with van der Waals surface area (Å²) in [6, 6.07) is 3.60. The topological polar surface area (TPSA) is 66.0 Å². The molecule has 1 atom stereocenters. The van der Waals surface area contributed by atoms with Crippen molar-refractivity contribution in [3.05, 3.63) is 24.5 Å². The summed E-state index contributed by atoms with van der Waals surface area (Å²) < 4.78 is 0. The highest BCUT2D eigenvalue weighted by atomic mass is 16.2. The molecule has 2 rings (SSSR count). The first-order chi connectivity index (χ1) is 7.34. The smallest absolute Gasteiger partial charge is 0.319 e. The standard InChI is InChI=1S/C10H14N4O/c15-10(14-9-3-6-12-7-9)13-8-1-4-11-5-2-8/h1-2,4-5,9,12H,3,6-7H2,(H2,11,13,14,15). The normalized spacial score (nSPS) is 19.9. The van der Waals surface area contributed by atoms with Gasteiger partial charge in [0.25, 0.3) is 0 Å². The first-order valence-corrected chi connectivity index (χ1v) is 5.03. The molecule has 0 bridgehead atoms. The minimum atomic E-state index is -0.157. The van der Waals surface area contributed by atoms with E-state index in [9.17, 15) is 4.79 Å². The van der Waals surface area contributed by atoms with Crippen LogP contribution in [0, 0.1) is 0 Å². The number of anilines is 1. The van der Waals surface area contributed by atoms with Gasteiger partial charge in [0.05, 0.1) is 0 Å². The van der Waals surface area contributed by atoms with Crippen molar-refractivity contribution in [2.24, 2.45) is 0 Å². The summed E-state index contributed by atoms with van der Waals surface area (Å²) in [6.45, 7) is 1.82. The zero-order valence-corrected chi connectivity index (χ0v) is 8.36. The van der Waals surface area contributed by atoms with E-state index in [1.54, 1.807) is 24.5 Å². The van der Waals surface area contributed by atoms with Crippen LogP contribution >= 0.6 is 0 Å². The lowest BCUT2D eigenvalue weighted by atomic mass is 10.3. The van der Waals surface area contributed by atoms with E-state index >= 15 is 0 Å². The third-order valence-electron chi connectivity index (χ3n) is 2.33. The Morgan fingerprint density at radius 1 is 1.47 bits per heavy atom. The second-order valence-electron chi connectivity index (χ2n) is 3.52. The zero-order chi connectivity index (χ0) is 10.5.